The van der Waals surface area contributed by atoms with Gasteiger partial charge in [-0.15, -0.1) is 0 Å². The molecule has 0 aromatic carbocycles. The van der Waals surface area contributed by atoms with E-state index in [2.05, 4.69) is 10.6 Å². The van der Waals surface area contributed by atoms with Crippen molar-refractivity contribution in [1.29, 1.82) is 0 Å². The zero-order chi connectivity index (χ0) is 9.36. The second kappa shape index (κ2) is 6.69. The highest BCUT2D eigenvalue weighted by Gasteiger charge is 1.92. The molecule has 1 aromatic heterocycles. The molecular formula is C10H18N2O. The molecule has 0 aliphatic rings. The van der Waals surface area contributed by atoms with Gasteiger partial charge in [-0.3, -0.25) is 0 Å². The van der Waals surface area contributed by atoms with Crippen LogP contribution in [0.15, 0.2) is 23.0 Å². The third-order valence-electron chi connectivity index (χ3n) is 1.94. The molecule has 1 rings (SSSR count). The lowest BCUT2D eigenvalue weighted by Crippen LogP contribution is -2.16. The van der Waals surface area contributed by atoms with Crippen molar-refractivity contribution in [3.05, 3.63) is 24.2 Å². The van der Waals surface area contributed by atoms with E-state index in [9.17, 15) is 0 Å². The van der Waals surface area contributed by atoms with Crippen LogP contribution in [-0.2, 0) is 6.54 Å². The molecular weight excluding hydrogens is 164 g/mol. The number of hydrogen-bond acceptors (Lipinski definition) is 3. The zero-order valence-corrected chi connectivity index (χ0v) is 8.18. The summed E-state index contributed by atoms with van der Waals surface area (Å²) < 4.78 is 4.96. The van der Waals surface area contributed by atoms with E-state index in [0.29, 0.717) is 0 Å². The van der Waals surface area contributed by atoms with Crippen LogP contribution in [0.3, 0.4) is 0 Å². The molecule has 0 radical (unpaired) electrons. The minimum Gasteiger partial charge on any atom is -0.472 e. The molecule has 0 aliphatic heterocycles. The molecule has 2 N–H and O–H groups in total. The summed E-state index contributed by atoms with van der Waals surface area (Å²) in [7, 11) is 1.99. The van der Waals surface area contributed by atoms with Gasteiger partial charge in [0, 0.05) is 12.1 Å². The van der Waals surface area contributed by atoms with Crippen LogP contribution in [0.1, 0.15) is 18.4 Å². The third-order valence-corrected chi connectivity index (χ3v) is 1.94. The van der Waals surface area contributed by atoms with E-state index < -0.39 is 0 Å². The van der Waals surface area contributed by atoms with E-state index in [1.165, 1.54) is 18.4 Å². The van der Waals surface area contributed by atoms with Gasteiger partial charge in [0.2, 0.25) is 0 Å². The first-order valence-electron chi connectivity index (χ1n) is 4.80. The van der Waals surface area contributed by atoms with E-state index in [-0.39, 0.29) is 0 Å². The minimum absolute atomic E-state index is 0.913. The highest BCUT2D eigenvalue weighted by atomic mass is 16.3. The predicted molar refractivity (Wildman–Crippen MR) is 53.6 cm³/mol. The lowest BCUT2D eigenvalue weighted by atomic mass is 10.3. The van der Waals surface area contributed by atoms with Crippen molar-refractivity contribution in [2.75, 3.05) is 20.1 Å². The second-order valence-corrected chi connectivity index (χ2v) is 3.12. The fourth-order valence-corrected chi connectivity index (χ4v) is 1.18. The van der Waals surface area contributed by atoms with Crippen molar-refractivity contribution in [2.45, 2.75) is 19.4 Å². The van der Waals surface area contributed by atoms with Crippen molar-refractivity contribution in [3.63, 3.8) is 0 Å². The summed E-state index contributed by atoms with van der Waals surface area (Å²) in [4.78, 5) is 0. The Morgan fingerprint density at radius 3 is 2.85 bits per heavy atom. The maximum atomic E-state index is 4.96. The summed E-state index contributed by atoms with van der Waals surface area (Å²) in [6.07, 6.45) is 5.94. The summed E-state index contributed by atoms with van der Waals surface area (Å²) in [6, 6.07) is 1.99. The minimum atomic E-state index is 0.913. The van der Waals surface area contributed by atoms with E-state index in [4.69, 9.17) is 4.42 Å². The van der Waals surface area contributed by atoms with Crippen LogP contribution in [0.4, 0.5) is 0 Å². The lowest BCUT2D eigenvalue weighted by Gasteiger charge is -2.02. The average molecular weight is 182 g/mol. The number of furan rings is 1. The van der Waals surface area contributed by atoms with Crippen LogP contribution in [-0.4, -0.2) is 20.1 Å². The molecule has 0 bridgehead atoms. The molecule has 0 unspecified atom stereocenters. The van der Waals surface area contributed by atoms with Gasteiger partial charge in [0.25, 0.3) is 0 Å². The molecule has 3 nitrogen and oxygen atoms in total. The van der Waals surface area contributed by atoms with Crippen LogP contribution in [0.25, 0.3) is 0 Å². The predicted octanol–water partition coefficient (Wildman–Crippen LogP) is 1.37. The Labute approximate surface area is 79.5 Å². The number of unbranched alkanes of at least 4 members (excludes halogenated alkanes) is 1. The van der Waals surface area contributed by atoms with Crippen molar-refractivity contribution < 1.29 is 4.42 Å². The summed E-state index contributed by atoms with van der Waals surface area (Å²) in [6.45, 7) is 3.09. The largest absolute Gasteiger partial charge is 0.472 e. The van der Waals surface area contributed by atoms with Gasteiger partial charge in [-0.25, -0.2) is 0 Å². The molecule has 13 heavy (non-hydrogen) atoms. The fourth-order valence-electron chi connectivity index (χ4n) is 1.18. The van der Waals surface area contributed by atoms with Gasteiger partial charge in [0.15, 0.2) is 0 Å². The molecule has 3 heteroatoms. The van der Waals surface area contributed by atoms with Crippen molar-refractivity contribution >= 4 is 0 Å². The van der Waals surface area contributed by atoms with Crippen LogP contribution < -0.4 is 10.6 Å². The lowest BCUT2D eigenvalue weighted by molar-refractivity contribution is 0.557. The first-order valence-corrected chi connectivity index (χ1v) is 4.80. The van der Waals surface area contributed by atoms with Crippen LogP contribution in [0.2, 0.25) is 0 Å². The summed E-state index contributed by atoms with van der Waals surface area (Å²) in [5, 5.41) is 6.49. The van der Waals surface area contributed by atoms with Gasteiger partial charge in [0.05, 0.1) is 12.5 Å². The molecule has 0 aliphatic carbocycles. The molecule has 0 saturated heterocycles. The monoisotopic (exact) mass is 182 g/mol. The Morgan fingerprint density at radius 1 is 1.31 bits per heavy atom. The quantitative estimate of drug-likeness (QED) is 0.625. The molecule has 1 aromatic rings. The third kappa shape index (κ3) is 4.70. The average Bonchev–Trinajstić information content (AvgIpc) is 2.63. The molecule has 1 heterocycles. The van der Waals surface area contributed by atoms with Gasteiger partial charge < -0.3 is 15.1 Å². The van der Waals surface area contributed by atoms with Crippen LogP contribution in [0, 0.1) is 0 Å². The van der Waals surface area contributed by atoms with E-state index in [1.807, 2.05) is 13.1 Å². The number of nitrogens with one attached hydrogen (secondary N) is 2. The van der Waals surface area contributed by atoms with Gasteiger partial charge in [-0.05, 0) is 39.0 Å². The molecule has 0 amide bonds. The van der Waals surface area contributed by atoms with Crippen molar-refractivity contribution in [1.82, 2.24) is 10.6 Å². The normalized spacial score (nSPS) is 10.5. The van der Waals surface area contributed by atoms with E-state index in [1.54, 1.807) is 12.5 Å². The Morgan fingerprint density at radius 2 is 2.15 bits per heavy atom. The van der Waals surface area contributed by atoms with Crippen LogP contribution in [0.5, 0.6) is 0 Å². The topological polar surface area (TPSA) is 37.2 Å². The summed E-state index contributed by atoms with van der Waals surface area (Å²) in [5.41, 5.74) is 1.22. The van der Waals surface area contributed by atoms with Gasteiger partial charge in [-0.2, -0.15) is 0 Å². The SMILES string of the molecule is CNCCCCNCc1ccoc1. The highest BCUT2D eigenvalue weighted by molar-refractivity contribution is 5.04. The maximum absolute atomic E-state index is 4.96. The standard InChI is InChI=1S/C10H18N2O/c1-11-5-2-3-6-12-8-10-4-7-13-9-10/h4,7,9,11-12H,2-3,5-6,8H2,1H3. The second-order valence-electron chi connectivity index (χ2n) is 3.12. The van der Waals surface area contributed by atoms with E-state index in [0.717, 1.165) is 19.6 Å². The van der Waals surface area contributed by atoms with Crippen molar-refractivity contribution in [3.8, 4) is 0 Å². The van der Waals surface area contributed by atoms with Gasteiger partial charge >= 0.3 is 0 Å². The molecule has 74 valence electrons. The zero-order valence-electron chi connectivity index (χ0n) is 8.18. The fraction of sp³-hybridized carbons (Fsp3) is 0.600. The first-order chi connectivity index (χ1) is 6.43. The Hall–Kier alpha value is -0.800. The van der Waals surface area contributed by atoms with Crippen molar-refractivity contribution in [2.24, 2.45) is 0 Å². The maximum Gasteiger partial charge on any atom is 0.0947 e. The molecule has 0 saturated carbocycles. The van der Waals surface area contributed by atoms with Gasteiger partial charge in [0.1, 0.15) is 0 Å². The Kier molecular flexibility index (Phi) is 5.29. The summed E-state index contributed by atoms with van der Waals surface area (Å²) >= 11 is 0. The number of hydrogen-bond donors (Lipinski definition) is 2. The first kappa shape index (κ1) is 10.3. The smallest absolute Gasteiger partial charge is 0.0947 e. The summed E-state index contributed by atoms with van der Waals surface area (Å²) in [5.74, 6) is 0. The highest BCUT2D eigenvalue weighted by Crippen LogP contribution is 1.98. The van der Waals surface area contributed by atoms with E-state index >= 15 is 0 Å². The molecule has 0 fully saturated rings. The molecule has 0 spiro atoms. The Balaban J connectivity index is 1.90. The Bertz CT molecular complexity index is 197. The number of rotatable bonds is 7. The van der Waals surface area contributed by atoms with Gasteiger partial charge in [-0.1, -0.05) is 0 Å². The van der Waals surface area contributed by atoms with Crippen LogP contribution >= 0.6 is 0 Å². The molecule has 0 atom stereocenters.